The largest absolute Gasteiger partial charge is 0.497 e. The van der Waals surface area contributed by atoms with E-state index in [1.807, 2.05) is 47.3 Å². The average molecular weight is 418 g/mol. The number of rotatable bonds is 5. The Morgan fingerprint density at radius 3 is 2.32 bits per heavy atom. The number of nitrogens with zero attached hydrogens (tertiary/aromatic N) is 6. The third kappa shape index (κ3) is 3.88. The van der Waals surface area contributed by atoms with Crippen LogP contribution >= 0.6 is 0 Å². The predicted octanol–water partition coefficient (Wildman–Crippen LogP) is 3.35. The first-order valence-electron chi connectivity index (χ1n) is 10.3. The van der Waals surface area contributed by atoms with E-state index in [2.05, 4.69) is 24.9 Å². The van der Waals surface area contributed by atoms with Gasteiger partial charge in [-0.05, 0) is 42.0 Å². The molecule has 1 saturated heterocycles. The highest BCUT2D eigenvalue weighted by Gasteiger charge is 2.21. The fourth-order valence-electron chi connectivity index (χ4n) is 3.98. The maximum Gasteiger partial charge on any atom is 0.163 e. The van der Waals surface area contributed by atoms with Crippen molar-refractivity contribution in [2.45, 2.75) is 6.54 Å². The topological polar surface area (TPSA) is 59.3 Å². The second-order valence-electron chi connectivity index (χ2n) is 7.54. The molecule has 0 spiro atoms. The second kappa shape index (κ2) is 8.22. The first kappa shape index (κ1) is 19.3. The number of ether oxygens (including phenoxy) is 1. The van der Waals surface area contributed by atoms with Gasteiger partial charge >= 0.3 is 0 Å². The molecule has 0 N–H and O–H groups in total. The smallest absolute Gasteiger partial charge is 0.163 e. The molecule has 5 rings (SSSR count). The van der Waals surface area contributed by atoms with E-state index in [0.717, 1.165) is 60.0 Å². The number of methoxy groups -OCH3 is 1. The molecule has 1 aliphatic rings. The van der Waals surface area contributed by atoms with Crippen LogP contribution in [0.2, 0.25) is 0 Å². The predicted molar refractivity (Wildman–Crippen MR) is 118 cm³/mol. The molecule has 2 aromatic carbocycles. The highest BCUT2D eigenvalue weighted by Crippen LogP contribution is 2.26. The van der Waals surface area contributed by atoms with Crippen LogP contribution in [0.25, 0.3) is 11.0 Å². The van der Waals surface area contributed by atoms with Crippen LogP contribution in [0, 0.1) is 5.82 Å². The lowest BCUT2D eigenvalue weighted by Gasteiger charge is -2.36. The molecule has 2 aromatic heterocycles. The zero-order chi connectivity index (χ0) is 21.2. The number of hydrogen-bond acceptors (Lipinski definition) is 6. The molecular weight excluding hydrogens is 395 g/mol. The molecule has 0 amide bonds. The Kier molecular flexibility index (Phi) is 5.11. The summed E-state index contributed by atoms with van der Waals surface area (Å²) >= 11 is 0. The van der Waals surface area contributed by atoms with Crippen LogP contribution in [-0.2, 0) is 6.54 Å². The van der Waals surface area contributed by atoms with Gasteiger partial charge in [0.05, 0.1) is 25.2 Å². The lowest BCUT2D eigenvalue weighted by atomic mass is 10.2. The van der Waals surface area contributed by atoms with Gasteiger partial charge in [-0.15, -0.1) is 0 Å². The van der Waals surface area contributed by atoms with E-state index in [0.29, 0.717) is 6.54 Å². The molecule has 31 heavy (non-hydrogen) atoms. The van der Waals surface area contributed by atoms with Gasteiger partial charge in [0.1, 0.15) is 23.7 Å². The summed E-state index contributed by atoms with van der Waals surface area (Å²) in [5, 5.41) is 5.52. The minimum absolute atomic E-state index is 0.211. The van der Waals surface area contributed by atoms with Crippen LogP contribution in [-0.4, -0.2) is 53.0 Å². The summed E-state index contributed by atoms with van der Waals surface area (Å²) in [4.78, 5) is 13.6. The lowest BCUT2D eigenvalue weighted by Crippen LogP contribution is -2.46. The monoisotopic (exact) mass is 418 g/mol. The van der Waals surface area contributed by atoms with Gasteiger partial charge in [0.25, 0.3) is 0 Å². The molecule has 0 unspecified atom stereocenters. The first-order valence-corrected chi connectivity index (χ1v) is 10.3. The number of piperazine rings is 1. The maximum atomic E-state index is 13.2. The number of benzene rings is 2. The van der Waals surface area contributed by atoms with Crippen molar-refractivity contribution in [2.75, 3.05) is 43.1 Å². The first-order chi connectivity index (χ1) is 15.2. The van der Waals surface area contributed by atoms with Crippen LogP contribution < -0.4 is 14.5 Å². The van der Waals surface area contributed by atoms with Crippen LogP contribution in [0.1, 0.15) is 5.56 Å². The van der Waals surface area contributed by atoms with Gasteiger partial charge in [-0.2, -0.15) is 5.10 Å². The molecule has 8 heteroatoms. The van der Waals surface area contributed by atoms with Crippen LogP contribution in [0.5, 0.6) is 5.75 Å². The van der Waals surface area contributed by atoms with Gasteiger partial charge in [-0.1, -0.05) is 12.1 Å². The zero-order valence-electron chi connectivity index (χ0n) is 17.3. The van der Waals surface area contributed by atoms with Crippen LogP contribution in [0.15, 0.2) is 61.1 Å². The highest BCUT2D eigenvalue weighted by molar-refractivity contribution is 5.86. The zero-order valence-corrected chi connectivity index (χ0v) is 17.3. The third-order valence-electron chi connectivity index (χ3n) is 5.67. The van der Waals surface area contributed by atoms with E-state index in [1.54, 1.807) is 13.4 Å². The van der Waals surface area contributed by atoms with Crippen molar-refractivity contribution in [3.63, 3.8) is 0 Å². The standard InChI is InChI=1S/C23H23FN6O/c1-31-20-8-2-17(3-9-20)15-30-23-21(14-27-30)22(25-16-26-23)29-12-10-28(11-13-29)19-6-4-18(24)5-7-19/h2-9,14,16H,10-13,15H2,1H3. The van der Waals surface area contributed by atoms with Crippen molar-refractivity contribution in [3.8, 4) is 5.75 Å². The van der Waals surface area contributed by atoms with Gasteiger partial charge in [0, 0.05) is 31.9 Å². The van der Waals surface area contributed by atoms with Crippen molar-refractivity contribution in [2.24, 2.45) is 0 Å². The van der Waals surface area contributed by atoms with E-state index in [1.165, 1.54) is 12.1 Å². The van der Waals surface area contributed by atoms with Gasteiger partial charge in [-0.25, -0.2) is 19.0 Å². The molecule has 158 valence electrons. The van der Waals surface area contributed by atoms with E-state index in [-0.39, 0.29) is 5.82 Å². The minimum atomic E-state index is -0.211. The second-order valence-corrected chi connectivity index (χ2v) is 7.54. The number of hydrogen-bond donors (Lipinski definition) is 0. The minimum Gasteiger partial charge on any atom is -0.497 e. The van der Waals surface area contributed by atoms with Gasteiger partial charge in [0.2, 0.25) is 0 Å². The average Bonchev–Trinajstić information content (AvgIpc) is 3.23. The van der Waals surface area contributed by atoms with Crippen molar-refractivity contribution >= 4 is 22.5 Å². The molecule has 7 nitrogen and oxygen atoms in total. The van der Waals surface area contributed by atoms with Crippen molar-refractivity contribution in [1.82, 2.24) is 19.7 Å². The Bertz CT molecular complexity index is 1170. The lowest BCUT2D eigenvalue weighted by molar-refractivity contribution is 0.414. The number of halogens is 1. The molecular formula is C23H23FN6O. The van der Waals surface area contributed by atoms with Gasteiger partial charge in [-0.3, -0.25) is 0 Å². The SMILES string of the molecule is COc1ccc(Cn2ncc3c(N4CCN(c5ccc(F)cc5)CC4)ncnc32)cc1. The summed E-state index contributed by atoms with van der Waals surface area (Å²) in [6.07, 6.45) is 3.46. The van der Waals surface area contributed by atoms with Crippen LogP contribution in [0.4, 0.5) is 15.9 Å². The summed E-state index contributed by atoms with van der Waals surface area (Å²) in [6.45, 7) is 3.97. The molecule has 0 atom stereocenters. The normalized spacial score (nSPS) is 14.3. The van der Waals surface area contributed by atoms with Crippen molar-refractivity contribution in [1.29, 1.82) is 0 Å². The number of aromatic nitrogens is 4. The van der Waals surface area contributed by atoms with E-state index in [9.17, 15) is 4.39 Å². The van der Waals surface area contributed by atoms with Crippen molar-refractivity contribution < 1.29 is 9.13 Å². The Morgan fingerprint density at radius 2 is 1.61 bits per heavy atom. The Hall–Kier alpha value is -3.68. The molecule has 0 aliphatic carbocycles. The molecule has 0 radical (unpaired) electrons. The fourth-order valence-corrected chi connectivity index (χ4v) is 3.98. The molecule has 3 heterocycles. The van der Waals surface area contributed by atoms with E-state index in [4.69, 9.17) is 4.74 Å². The van der Waals surface area contributed by atoms with Gasteiger partial charge in [0.15, 0.2) is 5.65 Å². The van der Waals surface area contributed by atoms with Crippen LogP contribution in [0.3, 0.4) is 0 Å². The van der Waals surface area contributed by atoms with Gasteiger partial charge < -0.3 is 14.5 Å². The molecule has 1 fully saturated rings. The third-order valence-corrected chi connectivity index (χ3v) is 5.67. The molecule has 0 saturated carbocycles. The summed E-state index contributed by atoms with van der Waals surface area (Å²) in [7, 11) is 1.66. The summed E-state index contributed by atoms with van der Waals surface area (Å²) in [5.41, 5.74) is 2.99. The summed E-state index contributed by atoms with van der Waals surface area (Å²) in [5.74, 6) is 1.53. The summed E-state index contributed by atoms with van der Waals surface area (Å²) in [6, 6.07) is 14.6. The fraction of sp³-hybridized carbons (Fsp3) is 0.261. The Balaban J connectivity index is 1.33. The number of fused-ring (bicyclic) bond motifs is 1. The Morgan fingerprint density at radius 1 is 0.903 bits per heavy atom. The van der Waals surface area contributed by atoms with Crippen molar-refractivity contribution in [3.05, 3.63) is 72.4 Å². The number of anilines is 2. The molecule has 1 aliphatic heterocycles. The molecule has 4 aromatic rings. The quantitative estimate of drug-likeness (QED) is 0.495. The highest BCUT2D eigenvalue weighted by atomic mass is 19.1. The summed E-state index contributed by atoms with van der Waals surface area (Å²) < 4.78 is 20.3. The maximum absolute atomic E-state index is 13.2. The van der Waals surface area contributed by atoms with E-state index < -0.39 is 0 Å². The van der Waals surface area contributed by atoms with E-state index >= 15 is 0 Å². The molecule has 0 bridgehead atoms. The Labute approximate surface area is 179 Å².